The van der Waals surface area contributed by atoms with Gasteiger partial charge in [0, 0.05) is 30.1 Å². The quantitative estimate of drug-likeness (QED) is 0.0488. The number of para-hydroxylation sites is 1. The number of nitrogens with one attached hydrogen (secondary N) is 4. The summed E-state index contributed by atoms with van der Waals surface area (Å²) in [6.45, 7) is 0.135. The molecule has 0 saturated heterocycles. The van der Waals surface area contributed by atoms with E-state index >= 15 is 0 Å². The van der Waals surface area contributed by atoms with Crippen LogP contribution >= 0.6 is 0 Å². The van der Waals surface area contributed by atoms with E-state index in [9.17, 15) is 34.2 Å². The van der Waals surface area contributed by atoms with Gasteiger partial charge in [0.1, 0.15) is 23.9 Å². The third-order valence-electron chi connectivity index (χ3n) is 7.03. The minimum Gasteiger partial charge on any atom is -0.508 e. The Balaban J connectivity index is 1.84. The van der Waals surface area contributed by atoms with Gasteiger partial charge in [-0.05, 0) is 48.6 Å². The number of carboxylic acid groups (broad SMARTS) is 2. The van der Waals surface area contributed by atoms with Gasteiger partial charge in [0.2, 0.25) is 17.7 Å². The molecule has 4 atom stereocenters. The summed E-state index contributed by atoms with van der Waals surface area (Å²) in [6.07, 6.45) is 1.04. The summed E-state index contributed by atoms with van der Waals surface area (Å²) < 4.78 is 0. The standard InChI is InChI=1S/C30H38N8O8/c31-20(12-16-7-9-18(39)10-8-16)26(42)36-22(6-3-11-34-30(32)33)27(43)37-23(28(44)38-24(29(45)46)14-25(40)41)13-17-15-35-21-5-2-1-4-19(17)21/h1-2,4-5,7-10,15,20,22-24,35,39H,3,6,11-14,31H2,(H,36,42)(H,37,43)(H,38,44)(H,40,41)(H,45,46)(H4,32,33,34). The van der Waals surface area contributed by atoms with Gasteiger partial charge in [-0.2, -0.15) is 0 Å². The molecule has 1 aromatic heterocycles. The number of nitrogens with two attached hydrogens (primary N) is 3. The molecule has 46 heavy (non-hydrogen) atoms. The fraction of sp³-hybridized carbons (Fsp3) is 0.333. The summed E-state index contributed by atoms with van der Waals surface area (Å²) >= 11 is 0. The highest BCUT2D eigenvalue weighted by atomic mass is 16.4. The summed E-state index contributed by atoms with van der Waals surface area (Å²) in [7, 11) is 0. The first-order chi connectivity index (χ1) is 21.8. The Morgan fingerprint density at radius 1 is 0.826 bits per heavy atom. The van der Waals surface area contributed by atoms with Gasteiger partial charge in [0.15, 0.2) is 5.96 Å². The number of aliphatic carboxylic acids is 2. The number of hydrogen-bond acceptors (Lipinski definition) is 8. The van der Waals surface area contributed by atoms with E-state index in [1.54, 1.807) is 36.5 Å². The molecule has 0 aliphatic carbocycles. The number of benzene rings is 2. The van der Waals surface area contributed by atoms with Crippen molar-refractivity contribution in [1.29, 1.82) is 0 Å². The molecule has 16 heteroatoms. The number of aromatic hydroxyl groups is 1. The van der Waals surface area contributed by atoms with Crippen LogP contribution in [0.2, 0.25) is 0 Å². The number of carbonyl (C=O) groups is 5. The van der Waals surface area contributed by atoms with Crippen LogP contribution < -0.4 is 33.2 Å². The second-order valence-electron chi connectivity index (χ2n) is 10.6. The molecule has 2 aromatic carbocycles. The Morgan fingerprint density at radius 3 is 2.11 bits per heavy atom. The molecule has 3 rings (SSSR count). The lowest BCUT2D eigenvalue weighted by atomic mass is 10.0. The lowest BCUT2D eigenvalue weighted by Gasteiger charge is -2.25. The fourth-order valence-corrected chi connectivity index (χ4v) is 4.68. The van der Waals surface area contributed by atoms with Crippen LogP contribution in [0, 0.1) is 0 Å². The molecule has 13 N–H and O–H groups in total. The Bertz CT molecular complexity index is 1570. The van der Waals surface area contributed by atoms with Crippen LogP contribution in [-0.2, 0) is 36.8 Å². The first-order valence-corrected chi connectivity index (χ1v) is 14.3. The van der Waals surface area contributed by atoms with Crippen molar-refractivity contribution in [3.63, 3.8) is 0 Å². The molecule has 3 amide bonds. The SMILES string of the molecule is NC(N)=NCCCC(NC(=O)C(N)Cc1ccc(O)cc1)C(=O)NC(Cc1c[nH]c2ccccc12)C(=O)NC(CC(=O)O)C(=O)O. The fourth-order valence-electron chi connectivity index (χ4n) is 4.68. The van der Waals surface area contributed by atoms with Gasteiger partial charge < -0.3 is 53.5 Å². The van der Waals surface area contributed by atoms with Gasteiger partial charge in [-0.25, -0.2) is 4.79 Å². The highest BCUT2D eigenvalue weighted by Crippen LogP contribution is 2.19. The van der Waals surface area contributed by atoms with Crippen molar-refractivity contribution >= 4 is 46.5 Å². The molecule has 3 aromatic rings. The van der Waals surface area contributed by atoms with E-state index in [1.807, 2.05) is 6.07 Å². The summed E-state index contributed by atoms with van der Waals surface area (Å²) in [6, 6.07) is 7.88. The van der Waals surface area contributed by atoms with Crippen LogP contribution in [0.25, 0.3) is 10.9 Å². The maximum absolute atomic E-state index is 13.7. The number of aromatic nitrogens is 1. The van der Waals surface area contributed by atoms with E-state index in [-0.39, 0.29) is 43.9 Å². The van der Waals surface area contributed by atoms with Crippen molar-refractivity contribution in [2.45, 2.75) is 56.3 Å². The molecule has 246 valence electrons. The van der Waals surface area contributed by atoms with Crippen molar-refractivity contribution in [1.82, 2.24) is 20.9 Å². The van der Waals surface area contributed by atoms with Crippen molar-refractivity contribution in [2.75, 3.05) is 6.54 Å². The van der Waals surface area contributed by atoms with Gasteiger partial charge in [0.25, 0.3) is 0 Å². The van der Waals surface area contributed by atoms with Gasteiger partial charge >= 0.3 is 11.9 Å². The van der Waals surface area contributed by atoms with Gasteiger partial charge in [-0.3, -0.25) is 24.2 Å². The number of rotatable bonds is 17. The van der Waals surface area contributed by atoms with Crippen LogP contribution in [0.1, 0.15) is 30.4 Å². The number of phenolic OH excluding ortho intramolecular Hbond substituents is 1. The van der Waals surface area contributed by atoms with E-state index in [4.69, 9.17) is 22.3 Å². The first-order valence-electron chi connectivity index (χ1n) is 14.3. The highest BCUT2D eigenvalue weighted by Gasteiger charge is 2.31. The maximum atomic E-state index is 13.7. The van der Waals surface area contributed by atoms with Crippen LogP contribution in [-0.4, -0.2) is 86.6 Å². The molecule has 0 saturated carbocycles. The predicted molar refractivity (Wildman–Crippen MR) is 167 cm³/mol. The molecular formula is C30H38N8O8. The number of phenols is 1. The normalized spacial score (nSPS) is 13.5. The second-order valence-corrected chi connectivity index (χ2v) is 10.6. The van der Waals surface area contributed by atoms with Crippen LogP contribution in [0.4, 0.5) is 0 Å². The average molecular weight is 639 g/mol. The molecule has 0 aliphatic rings. The minimum atomic E-state index is -1.76. The molecule has 0 aliphatic heterocycles. The number of carboxylic acids is 2. The second kappa shape index (κ2) is 16.4. The number of nitrogens with zero attached hydrogens (tertiary/aromatic N) is 1. The van der Waals surface area contributed by atoms with Gasteiger partial charge in [-0.1, -0.05) is 30.3 Å². The molecule has 0 spiro atoms. The lowest BCUT2D eigenvalue weighted by Crippen LogP contribution is -2.58. The third-order valence-corrected chi connectivity index (χ3v) is 7.03. The molecule has 4 unspecified atom stereocenters. The summed E-state index contributed by atoms with van der Waals surface area (Å²) in [5, 5.41) is 36.3. The Kier molecular flexibility index (Phi) is 12.5. The van der Waals surface area contributed by atoms with Gasteiger partial charge in [-0.15, -0.1) is 0 Å². The monoisotopic (exact) mass is 638 g/mol. The number of fused-ring (bicyclic) bond motifs is 1. The zero-order valence-electron chi connectivity index (χ0n) is 24.8. The maximum Gasteiger partial charge on any atom is 0.326 e. The van der Waals surface area contributed by atoms with Crippen molar-refractivity contribution in [3.8, 4) is 5.75 Å². The number of hydrogen-bond donors (Lipinski definition) is 10. The molecule has 1 heterocycles. The third kappa shape index (κ3) is 10.5. The number of aliphatic imine (C=N–C) groups is 1. The number of aromatic amines is 1. The highest BCUT2D eigenvalue weighted by molar-refractivity contribution is 5.95. The predicted octanol–water partition coefficient (Wildman–Crippen LogP) is -0.947. The largest absolute Gasteiger partial charge is 0.508 e. The minimum absolute atomic E-state index is 0.0402. The average Bonchev–Trinajstić information content (AvgIpc) is 3.41. The Morgan fingerprint density at radius 2 is 1.46 bits per heavy atom. The number of carbonyl (C=O) groups excluding carboxylic acids is 3. The summed E-state index contributed by atoms with van der Waals surface area (Å²) in [4.78, 5) is 70.0. The van der Waals surface area contributed by atoms with Gasteiger partial charge in [0.05, 0.1) is 12.5 Å². The van der Waals surface area contributed by atoms with Crippen molar-refractivity contribution in [3.05, 3.63) is 65.9 Å². The van der Waals surface area contributed by atoms with E-state index in [2.05, 4.69) is 25.9 Å². The zero-order chi connectivity index (χ0) is 33.8. The molecule has 0 fully saturated rings. The van der Waals surface area contributed by atoms with E-state index < -0.39 is 60.2 Å². The van der Waals surface area contributed by atoms with Crippen molar-refractivity contribution in [2.24, 2.45) is 22.2 Å². The summed E-state index contributed by atoms with van der Waals surface area (Å²) in [5.41, 5.74) is 18.9. The lowest BCUT2D eigenvalue weighted by molar-refractivity contribution is -0.147. The number of guanidine groups is 1. The topological polar surface area (TPSA) is 288 Å². The summed E-state index contributed by atoms with van der Waals surface area (Å²) in [5.74, 6) is -5.52. The molecular weight excluding hydrogens is 600 g/mol. The number of H-pyrrole nitrogens is 1. The van der Waals surface area contributed by atoms with E-state index in [0.717, 1.165) is 10.9 Å². The van der Waals surface area contributed by atoms with Crippen LogP contribution in [0.3, 0.4) is 0 Å². The molecule has 0 radical (unpaired) electrons. The van der Waals surface area contributed by atoms with Crippen LogP contribution in [0.5, 0.6) is 5.75 Å². The Hall–Kier alpha value is -5.64. The molecule has 16 nitrogen and oxygen atoms in total. The van der Waals surface area contributed by atoms with Crippen LogP contribution in [0.15, 0.2) is 59.7 Å². The smallest absolute Gasteiger partial charge is 0.326 e. The first kappa shape index (κ1) is 34.8. The Labute approximate surface area is 263 Å². The number of amides is 3. The van der Waals surface area contributed by atoms with E-state index in [1.165, 1.54) is 12.1 Å². The molecule has 0 bridgehead atoms. The van der Waals surface area contributed by atoms with Crippen molar-refractivity contribution < 1.29 is 39.3 Å². The van der Waals surface area contributed by atoms with E-state index in [0.29, 0.717) is 11.1 Å². The zero-order valence-corrected chi connectivity index (χ0v) is 24.8.